The molecule has 3 rings (SSSR count). The van der Waals surface area contributed by atoms with Gasteiger partial charge in [0.2, 0.25) is 0 Å². The van der Waals surface area contributed by atoms with Crippen LogP contribution in [0.5, 0.6) is 5.75 Å². The third-order valence-corrected chi connectivity index (χ3v) is 3.99. The molecule has 0 saturated heterocycles. The number of anilines is 2. The summed E-state index contributed by atoms with van der Waals surface area (Å²) in [7, 11) is 3.62. The van der Waals surface area contributed by atoms with Gasteiger partial charge in [-0.2, -0.15) is 5.10 Å². The van der Waals surface area contributed by atoms with Gasteiger partial charge in [-0.05, 0) is 43.3 Å². The lowest BCUT2D eigenvalue weighted by atomic mass is 10.2. The number of aryl methyl sites for hydroxylation is 1. The number of carbonyl (C=O) groups excluding carboxylic acids is 1. The number of nitrogens with zero attached hydrogens (tertiary/aromatic N) is 4. The molecule has 1 N–H and O–H groups in total. The largest absolute Gasteiger partial charge is 0.494 e. The molecule has 0 spiro atoms. The van der Waals surface area contributed by atoms with E-state index in [1.165, 1.54) is 0 Å². The normalized spacial score (nSPS) is 10.5. The maximum absolute atomic E-state index is 12.9. The highest BCUT2D eigenvalue weighted by atomic mass is 16.5. The molecule has 0 aliphatic heterocycles. The van der Waals surface area contributed by atoms with Gasteiger partial charge in [-0.1, -0.05) is 0 Å². The van der Waals surface area contributed by atoms with Crippen molar-refractivity contribution in [2.45, 2.75) is 13.5 Å². The minimum absolute atomic E-state index is 0.111. The van der Waals surface area contributed by atoms with Gasteiger partial charge in [0.05, 0.1) is 18.4 Å². The molecular formula is C20H23N5O2. The number of carbonyl (C=O) groups is 1. The molecule has 7 heteroatoms. The van der Waals surface area contributed by atoms with Crippen LogP contribution >= 0.6 is 0 Å². The topological polar surface area (TPSA) is 72.3 Å². The van der Waals surface area contributed by atoms with Gasteiger partial charge < -0.3 is 15.0 Å². The highest BCUT2D eigenvalue weighted by molar-refractivity contribution is 5.99. The Hall–Kier alpha value is -3.35. The number of benzene rings is 1. The number of aromatic nitrogens is 3. The summed E-state index contributed by atoms with van der Waals surface area (Å²) >= 11 is 0. The van der Waals surface area contributed by atoms with Crippen LogP contribution in [-0.4, -0.2) is 39.2 Å². The van der Waals surface area contributed by atoms with Crippen LogP contribution in [0.25, 0.3) is 0 Å². The summed E-state index contributed by atoms with van der Waals surface area (Å²) in [6.07, 6.45) is 5.31. The van der Waals surface area contributed by atoms with Crippen molar-refractivity contribution in [3.63, 3.8) is 0 Å². The van der Waals surface area contributed by atoms with E-state index in [1.54, 1.807) is 41.2 Å². The average Bonchev–Trinajstić information content (AvgIpc) is 3.08. The first-order valence-corrected chi connectivity index (χ1v) is 8.74. The summed E-state index contributed by atoms with van der Waals surface area (Å²) in [4.78, 5) is 18.9. The molecule has 2 heterocycles. The van der Waals surface area contributed by atoms with Crippen LogP contribution in [0.1, 0.15) is 22.8 Å². The third-order valence-electron chi connectivity index (χ3n) is 3.99. The van der Waals surface area contributed by atoms with Crippen molar-refractivity contribution in [2.75, 3.05) is 19.0 Å². The molecule has 0 unspecified atom stereocenters. The van der Waals surface area contributed by atoms with Crippen LogP contribution in [0.2, 0.25) is 0 Å². The number of amides is 1. The molecule has 7 nitrogen and oxygen atoms in total. The molecular weight excluding hydrogens is 342 g/mol. The molecule has 0 bridgehead atoms. The van der Waals surface area contributed by atoms with E-state index < -0.39 is 0 Å². The lowest BCUT2D eigenvalue weighted by molar-refractivity contribution is 0.0785. The minimum Gasteiger partial charge on any atom is -0.494 e. The summed E-state index contributed by atoms with van der Waals surface area (Å²) in [5.41, 5.74) is 2.32. The zero-order valence-corrected chi connectivity index (χ0v) is 15.7. The molecule has 140 valence electrons. The summed E-state index contributed by atoms with van der Waals surface area (Å²) < 4.78 is 7.17. The second-order valence-electron chi connectivity index (χ2n) is 6.17. The van der Waals surface area contributed by atoms with Gasteiger partial charge in [0.1, 0.15) is 11.6 Å². The monoisotopic (exact) mass is 365 g/mol. The number of ether oxygens (including phenoxy) is 1. The zero-order chi connectivity index (χ0) is 19.2. The van der Waals surface area contributed by atoms with Crippen LogP contribution in [0.3, 0.4) is 0 Å². The number of hydrogen-bond donors (Lipinski definition) is 1. The number of nitrogens with one attached hydrogen (secondary N) is 1. The van der Waals surface area contributed by atoms with E-state index in [0.717, 1.165) is 17.0 Å². The lowest BCUT2D eigenvalue weighted by Gasteiger charge is -2.18. The predicted octanol–water partition coefficient (Wildman–Crippen LogP) is 3.23. The number of rotatable bonds is 7. The number of pyridine rings is 1. The van der Waals surface area contributed by atoms with E-state index in [1.807, 2.05) is 44.4 Å². The fourth-order valence-electron chi connectivity index (χ4n) is 2.72. The van der Waals surface area contributed by atoms with Crippen molar-refractivity contribution < 1.29 is 9.53 Å². The predicted molar refractivity (Wildman–Crippen MR) is 104 cm³/mol. The van der Waals surface area contributed by atoms with Crippen LogP contribution in [0, 0.1) is 0 Å². The molecule has 27 heavy (non-hydrogen) atoms. The van der Waals surface area contributed by atoms with Crippen LogP contribution in [-0.2, 0) is 13.6 Å². The maximum Gasteiger partial charge on any atom is 0.257 e. The Balaban J connectivity index is 1.75. The maximum atomic E-state index is 12.9. The van der Waals surface area contributed by atoms with Gasteiger partial charge in [0, 0.05) is 44.3 Å². The van der Waals surface area contributed by atoms with Crippen molar-refractivity contribution in [2.24, 2.45) is 7.05 Å². The van der Waals surface area contributed by atoms with Crippen molar-refractivity contribution in [1.82, 2.24) is 19.7 Å². The SMILES string of the molecule is CCOc1ccc(Nc2ncccc2C(=O)N(C)Cc2cnn(C)c2)cc1. The van der Waals surface area contributed by atoms with Crippen LogP contribution < -0.4 is 10.1 Å². The number of hydrogen-bond acceptors (Lipinski definition) is 5. The van der Waals surface area contributed by atoms with Gasteiger partial charge in [0.25, 0.3) is 5.91 Å². The van der Waals surface area contributed by atoms with E-state index in [-0.39, 0.29) is 5.91 Å². The van der Waals surface area contributed by atoms with E-state index in [4.69, 9.17) is 4.74 Å². The van der Waals surface area contributed by atoms with Crippen molar-refractivity contribution >= 4 is 17.4 Å². The molecule has 1 amide bonds. The quantitative estimate of drug-likeness (QED) is 0.696. The average molecular weight is 365 g/mol. The van der Waals surface area contributed by atoms with E-state index in [0.29, 0.717) is 24.5 Å². The molecule has 0 radical (unpaired) electrons. The van der Waals surface area contributed by atoms with Gasteiger partial charge in [-0.3, -0.25) is 9.48 Å². The van der Waals surface area contributed by atoms with Crippen molar-refractivity contribution in [3.05, 3.63) is 66.1 Å². The second kappa shape index (κ2) is 8.35. The fraction of sp³-hybridized carbons (Fsp3) is 0.250. The Labute approximate surface area is 158 Å². The smallest absolute Gasteiger partial charge is 0.257 e. The van der Waals surface area contributed by atoms with Crippen molar-refractivity contribution in [3.8, 4) is 5.75 Å². The van der Waals surface area contributed by atoms with Crippen LogP contribution in [0.4, 0.5) is 11.5 Å². The standard InChI is InChI=1S/C20H23N5O2/c1-4-27-17-9-7-16(8-10-17)23-19-18(6-5-11-21-19)20(26)24(2)13-15-12-22-25(3)14-15/h5-12,14H,4,13H2,1-3H3,(H,21,23). The first-order chi connectivity index (χ1) is 13.1. The lowest BCUT2D eigenvalue weighted by Crippen LogP contribution is -2.27. The summed E-state index contributed by atoms with van der Waals surface area (Å²) in [6.45, 7) is 3.04. The second-order valence-corrected chi connectivity index (χ2v) is 6.17. The van der Waals surface area contributed by atoms with Crippen molar-refractivity contribution in [1.29, 1.82) is 0 Å². The van der Waals surface area contributed by atoms with Gasteiger partial charge in [0.15, 0.2) is 0 Å². The Bertz CT molecular complexity index is 905. The molecule has 1 aromatic carbocycles. The first kappa shape index (κ1) is 18.4. The molecule has 0 fully saturated rings. The summed E-state index contributed by atoms with van der Waals surface area (Å²) in [5.74, 6) is 1.21. The molecule has 3 aromatic rings. The van der Waals surface area contributed by atoms with Gasteiger partial charge in [-0.25, -0.2) is 4.98 Å². The highest BCUT2D eigenvalue weighted by Gasteiger charge is 2.17. The molecule has 0 saturated carbocycles. The highest BCUT2D eigenvalue weighted by Crippen LogP contribution is 2.22. The minimum atomic E-state index is -0.111. The van der Waals surface area contributed by atoms with E-state index >= 15 is 0 Å². The van der Waals surface area contributed by atoms with E-state index in [9.17, 15) is 4.79 Å². The van der Waals surface area contributed by atoms with Gasteiger partial charge in [-0.15, -0.1) is 0 Å². The Morgan fingerprint density at radius 1 is 1.26 bits per heavy atom. The zero-order valence-electron chi connectivity index (χ0n) is 15.7. The Morgan fingerprint density at radius 2 is 2.04 bits per heavy atom. The Kier molecular flexibility index (Phi) is 5.71. The van der Waals surface area contributed by atoms with E-state index in [2.05, 4.69) is 15.4 Å². The Morgan fingerprint density at radius 3 is 2.70 bits per heavy atom. The molecule has 0 atom stereocenters. The summed E-state index contributed by atoms with van der Waals surface area (Å²) in [6, 6.07) is 11.1. The fourth-order valence-corrected chi connectivity index (χ4v) is 2.72. The van der Waals surface area contributed by atoms with Gasteiger partial charge >= 0.3 is 0 Å². The third kappa shape index (κ3) is 4.63. The molecule has 2 aromatic heterocycles. The summed E-state index contributed by atoms with van der Waals surface area (Å²) in [5, 5.41) is 7.35. The first-order valence-electron chi connectivity index (χ1n) is 8.74. The molecule has 0 aliphatic carbocycles. The molecule has 0 aliphatic rings. The van der Waals surface area contributed by atoms with Crippen LogP contribution in [0.15, 0.2) is 55.0 Å².